The second kappa shape index (κ2) is 5.99. The fourth-order valence-electron chi connectivity index (χ4n) is 3.41. The van der Waals surface area contributed by atoms with E-state index in [2.05, 4.69) is 0 Å². The van der Waals surface area contributed by atoms with E-state index < -0.39 is 11.6 Å². The molecule has 0 spiro atoms. The second-order valence-corrected chi connectivity index (χ2v) is 6.36. The normalized spacial score (nSPS) is 13.2. The van der Waals surface area contributed by atoms with Crippen LogP contribution in [0.2, 0.25) is 0 Å². The van der Waals surface area contributed by atoms with E-state index >= 15 is 0 Å². The van der Waals surface area contributed by atoms with Crippen LogP contribution in [-0.4, -0.2) is 0 Å². The summed E-state index contributed by atoms with van der Waals surface area (Å²) in [6, 6.07) is 7.06. The zero-order valence-corrected chi connectivity index (χ0v) is 13.7. The summed E-state index contributed by atoms with van der Waals surface area (Å²) in [6.07, 6.45) is 2.40. The standard InChI is InChI=1S/C20H16F2O3/c1-11-7-17(24-10-12-5-6-13(21)9-16(12)22)19-14-3-2-4-15(14)20(23)25-18(19)8-11/h5-9H,2-4,10H2,1H3. The highest BCUT2D eigenvalue weighted by atomic mass is 19.1. The van der Waals surface area contributed by atoms with Gasteiger partial charge < -0.3 is 9.15 Å². The molecule has 1 aliphatic rings. The molecule has 2 aromatic carbocycles. The molecule has 1 aliphatic carbocycles. The third-order valence-electron chi connectivity index (χ3n) is 4.58. The summed E-state index contributed by atoms with van der Waals surface area (Å²) in [5, 5.41) is 0.778. The third-order valence-corrected chi connectivity index (χ3v) is 4.58. The van der Waals surface area contributed by atoms with Crippen LogP contribution < -0.4 is 10.4 Å². The lowest BCUT2D eigenvalue weighted by molar-refractivity contribution is 0.302. The Bertz CT molecular complexity index is 1040. The smallest absolute Gasteiger partial charge is 0.339 e. The first kappa shape index (κ1) is 15.8. The molecule has 0 saturated heterocycles. The maximum Gasteiger partial charge on any atom is 0.339 e. The minimum atomic E-state index is -0.645. The van der Waals surface area contributed by atoms with Gasteiger partial charge in [-0.15, -0.1) is 0 Å². The van der Waals surface area contributed by atoms with E-state index in [9.17, 15) is 13.6 Å². The van der Waals surface area contributed by atoms with Crippen molar-refractivity contribution in [3.63, 3.8) is 0 Å². The van der Waals surface area contributed by atoms with Crippen molar-refractivity contribution in [2.45, 2.75) is 32.8 Å². The molecule has 0 atom stereocenters. The largest absolute Gasteiger partial charge is 0.488 e. The quantitative estimate of drug-likeness (QED) is 0.660. The average molecular weight is 342 g/mol. The molecule has 0 N–H and O–H groups in total. The highest BCUT2D eigenvalue weighted by Crippen LogP contribution is 2.35. The molecule has 128 valence electrons. The molecule has 0 aliphatic heterocycles. The van der Waals surface area contributed by atoms with Crippen molar-refractivity contribution in [1.29, 1.82) is 0 Å². The van der Waals surface area contributed by atoms with Crippen molar-refractivity contribution in [1.82, 2.24) is 0 Å². The van der Waals surface area contributed by atoms with Gasteiger partial charge in [0.15, 0.2) is 0 Å². The highest BCUT2D eigenvalue weighted by Gasteiger charge is 2.22. The van der Waals surface area contributed by atoms with Crippen molar-refractivity contribution < 1.29 is 17.9 Å². The Morgan fingerprint density at radius 2 is 1.92 bits per heavy atom. The van der Waals surface area contributed by atoms with Crippen LogP contribution in [0.4, 0.5) is 8.78 Å². The van der Waals surface area contributed by atoms with E-state index in [1.54, 1.807) is 6.07 Å². The summed E-state index contributed by atoms with van der Waals surface area (Å²) in [7, 11) is 0. The minimum Gasteiger partial charge on any atom is -0.488 e. The Balaban J connectivity index is 1.79. The maximum absolute atomic E-state index is 13.8. The molecule has 5 heteroatoms. The lowest BCUT2D eigenvalue weighted by Gasteiger charge is -2.13. The molecule has 3 nitrogen and oxygen atoms in total. The van der Waals surface area contributed by atoms with Gasteiger partial charge in [-0.25, -0.2) is 13.6 Å². The fraction of sp³-hybridized carbons (Fsp3) is 0.250. The first-order valence-corrected chi connectivity index (χ1v) is 8.19. The molecule has 3 aromatic rings. The Labute approximate surface area is 142 Å². The Morgan fingerprint density at radius 1 is 1.12 bits per heavy atom. The summed E-state index contributed by atoms with van der Waals surface area (Å²) in [5.74, 6) is -0.712. The number of hydrogen-bond donors (Lipinski definition) is 0. The second-order valence-electron chi connectivity index (χ2n) is 6.36. The van der Waals surface area contributed by atoms with Gasteiger partial charge in [-0.1, -0.05) is 0 Å². The van der Waals surface area contributed by atoms with Crippen LogP contribution in [0, 0.1) is 18.6 Å². The van der Waals surface area contributed by atoms with E-state index in [0.29, 0.717) is 23.3 Å². The van der Waals surface area contributed by atoms with E-state index in [1.165, 1.54) is 12.1 Å². The van der Waals surface area contributed by atoms with E-state index in [0.717, 1.165) is 35.4 Å². The zero-order valence-electron chi connectivity index (χ0n) is 13.7. The summed E-state index contributed by atoms with van der Waals surface area (Å²) in [6.45, 7) is 1.84. The number of hydrogen-bond acceptors (Lipinski definition) is 3. The molecule has 0 radical (unpaired) electrons. The van der Waals surface area contributed by atoms with Crippen LogP contribution in [-0.2, 0) is 19.4 Å². The first-order valence-electron chi connectivity index (χ1n) is 8.19. The minimum absolute atomic E-state index is 0.0292. The average Bonchev–Trinajstić information content (AvgIpc) is 3.03. The van der Waals surface area contributed by atoms with Crippen LogP contribution in [0.15, 0.2) is 39.5 Å². The molecule has 0 unspecified atom stereocenters. The molecular formula is C20H16F2O3. The van der Waals surface area contributed by atoms with E-state index in [4.69, 9.17) is 9.15 Å². The number of halogens is 2. The predicted octanol–water partition coefficient (Wildman–Crippen LogP) is 4.45. The monoisotopic (exact) mass is 342 g/mol. The lowest BCUT2D eigenvalue weighted by atomic mass is 10.0. The molecule has 0 amide bonds. The van der Waals surface area contributed by atoms with E-state index in [1.807, 2.05) is 13.0 Å². The van der Waals surface area contributed by atoms with Gasteiger partial charge in [-0.2, -0.15) is 0 Å². The van der Waals surface area contributed by atoms with Crippen molar-refractivity contribution in [3.8, 4) is 5.75 Å². The molecule has 0 fully saturated rings. The van der Waals surface area contributed by atoms with Crippen molar-refractivity contribution in [2.75, 3.05) is 0 Å². The Hall–Kier alpha value is -2.69. The van der Waals surface area contributed by atoms with Crippen molar-refractivity contribution in [2.24, 2.45) is 0 Å². The van der Waals surface area contributed by atoms with Gasteiger partial charge in [0.25, 0.3) is 0 Å². The van der Waals surface area contributed by atoms with Gasteiger partial charge in [-0.05, 0) is 61.6 Å². The lowest BCUT2D eigenvalue weighted by Crippen LogP contribution is -2.08. The zero-order chi connectivity index (χ0) is 17.6. The van der Waals surface area contributed by atoms with Crippen LogP contribution in [0.3, 0.4) is 0 Å². The van der Waals surface area contributed by atoms with Crippen LogP contribution >= 0.6 is 0 Å². The number of aryl methyl sites for hydroxylation is 2. The number of fused-ring (bicyclic) bond motifs is 3. The molecule has 4 rings (SSSR count). The summed E-state index contributed by atoms with van der Waals surface area (Å²) < 4.78 is 38.2. The molecule has 25 heavy (non-hydrogen) atoms. The van der Waals surface area contributed by atoms with Gasteiger partial charge in [0.2, 0.25) is 0 Å². The van der Waals surface area contributed by atoms with Gasteiger partial charge in [0.05, 0.1) is 5.39 Å². The fourth-order valence-corrected chi connectivity index (χ4v) is 3.41. The number of benzene rings is 2. The summed E-state index contributed by atoms with van der Waals surface area (Å²) in [5.41, 5.74) is 3.00. The SMILES string of the molecule is Cc1cc(OCc2ccc(F)cc2F)c2c3c(c(=O)oc2c1)CCC3. The van der Waals surface area contributed by atoms with Crippen LogP contribution in [0.25, 0.3) is 11.0 Å². The molecule has 0 saturated carbocycles. The first-order chi connectivity index (χ1) is 12.0. The highest BCUT2D eigenvalue weighted by molar-refractivity contribution is 5.88. The summed E-state index contributed by atoms with van der Waals surface area (Å²) in [4.78, 5) is 12.1. The molecule has 1 aromatic heterocycles. The Morgan fingerprint density at radius 3 is 2.72 bits per heavy atom. The molecular weight excluding hydrogens is 326 g/mol. The Kier molecular flexibility index (Phi) is 3.79. The number of ether oxygens (including phenoxy) is 1. The van der Waals surface area contributed by atoms with Gasteiger partial charge in [0.1, 0.15) is 29.6 Å². The van der Waals surface area contributed by atoms with Crippen LogP contribution in [0.5, 0.6) is 5.75 Å². The molecule has 0 bridgehead atoms. The van der Waals surface area contributed by atoms with Gasteiger partial charge in [-0.3, -0.25) is 0 Å². The van der Waals surface area contributed by atoms with E-state index in [-0.39, 0.29) is 17.8 Å². The number of rotatable bonds is 3. The van der Waals surface area contributed by atoms with Gasteiger partial charge >= 0.3 is 5.63 Å². The predicted molar refractivity (Wildman–Crippen MR) is 89.9 cm³/mol. The van der Waals surface area contributed by atoms with Crippen LogP contribution in [0.1, 0.15) is 28.7 Å². The topological polar surface area (TPSA) is 39.4 Å². The summed E-state index contributed by atoms with van der Waals surface area (Å²) >= 11 is 0. The van der Waals surface area contributed by atoms with Crippen molar-refractivity contribution >= 4 is 11.0 Å². The third kappa shape index (κ3) is 2.80. The maximum atomic E-state index is 13.8. The van der Waals surface area contributed by atoms with Crippen molar-refractivity contribution in [3.05, 3.63) is 74.6 Å². The molecule has 1 heterocycles. The van der Waals surface area contributed by atoms with Gasteiger partial charge in [0, 0.05) is 17.2 Å².